The summed E-state index contributed by atoms with van der Waals surface area (Å²) >= 11 is 0. The van der Waals surface area contributed by atoms with E-state index in [2.05, 4.69) is 21.8 Å². The van der Waals surface area contributed by atoms with Crippen LogP contribution >= 0.6 is 0 Å². The van der Waals surface area contributed by atoms with Gasteiger partial charge in [-0.1, -0.05) is 0 Å². The second-order valence-corrected chi connectivity index (χ2v) is 4.80. The number of likely N-dealkylation sites (N-methyl/N-ethyl adjacent to an activating group) is 2. The third-order valence-electron chi connectivity index (χ3n) is 3.49. The molecule has 4 N–H and O–H groups in total. The second kappa shape index (κ2) is 4.79. The highest BCUT2D eigenvalue weighted by Crippen LogP contribution is 2.20. The molecule has 0 bridgehead atoms. The van der Waals surface area contributed by atoms with Gasteiger partial charge in [-0.05, 0) is 38.6 Å². The first-order valence-electron chi connectivity index (χ1n) is 6.01. The number of anilines is 3. The molecule has 0 saturated carbocycles. The molecule has 5 heteroatoms. The van der Waals surface area contributed by atoms with Crippen molar-refractivity contribution in [3.8, 4) is 0 Å². The summed E-state index contributed by atoms with van der Waals surface area (Å²) in [5.41, 5.74) is 11.9. The van der Waals surface area contributed by atoms with Gasteiger partial charge in [0.15, 0.2) is 0 Å². The Morgan fingerprint density at radius 3 is 2.82 bits per heavy atom. The molecule has 1 aromatic rings. The van der Waals surface area contributed by atoms with Gasteiger partial charge in [0.2, 0.25) is 0 Å². The minimum Gasteiger partial charge on any atom is -0.396 e. The molecule has 1 unspecified atom stereocenters. The molecule has 2 rings (SSSR count). The van der Waals surface area contributed by atoms with E-state index in [-0.39, 0.29) is 0 Å². The fourth-order valence-corrected chi connectivity index (χ4v) is 2.31. The Bertz CT molecular complexity index is 392. The van der Waals surface area contributed by atoms with Gasteiger partial charge < -0.3 is 21.3 Å². The number of aromatic nitrogens is 1. The van der Waals surface area contributed by atoms with Gasteiger partial charge in [0.1, 0.15) is 11.6 Å². The van der Waals surface area contributed by atoms with E-state index in [1.807, 2.05) is 19.2 Å². The maximum absolute atomic E-state index is 5.72. The number of pyridine rings is 1. The lowest BCUT2D eigenvalue weighted by Crippen LogP contribution is -2.37. The minimum atomic E-state index is 0.411. The summed E-state index contributed by atoms with van der Waals surface area (Å²) in [4.78, 5) is 8.84. The first-order valence-corrected chi connectivity index (χ1v) is 6.01. The van der Waals surface area contributed by atoms with Crippen LogP contribution in [0, 0.1) is 0 Å². The number of likely N-dealkylation sites (tertiary alicyclic amines) is 1. The van der Waals surface area contributed by atoms with Gasteiger partial charge in [0.25, 0.3) is 0 Å². The van der Waals surface area contributed by atoms with Crippen LogP contribution in [0.2, 0.25) is 0 Å². The minimum absolute atomic E-state index is 0.411. The first-order chi connectivity index (χ1) is 8.08. The Balaban J connectivity index is 2.03. The summed E-state index contributed by atoms with van der Waals surface area (Å²) in [6.45, 7) is 2.17. The highest BCUT2D eigenvalue weighted by molar-refractivity contribution is 5.62. The van der Waals surface area contributed by atoms with Crippen LogP contribution in [-0.2, 0) is 0 Å². The number of nitrogen functional groups attached to an aromatic ring is 2. The third kappa shape index (κ3) is 2.61. The molecular weight excluding hydrogens is 214 g/mol. The van der Waals surface area contributed by atoms with E-state index in [4.69, 9.17) is 11.5 Å². The molecule has 1 aliphatic heterocycles. The highest BCUT2D eigenvalue weighted by Gasteiger charge is 2.22. The molecule has 1 fully saturated rings. The molecular formula is C12H21N5. The van der Waals surface area contributed by atoms with E-state index < -0.39 is 0 Å². The van der Waals surface area contributed by atoms with Crippen molar-refractivity contribution in [2.24, 2.45) is 0 Å². The van der Waals surface area contributed by atoms with Crippen molar-refractivity contribution in [2.75, 3.05) is 43.6 Å². The molecule has 0 aromatic carbocycles. The Labute approximate surface area is 102 Å². The predicted octanol–water partition coefficient (Wildman–Crippen LogP) is 0.776. The van der Waals surface area contributed by atoms with Gasteiger partial charge in [-0.25, -0.2) is 4.98 Å². The van der Waals surface area contributed by atoms with Crippen molar-refractivity contribution in [1.82, 2.24) is 9.88 Å². The predicted molar refractivity (Wildman–Crippen MR) is 72.0 cm³/mol. The topological polar surface area (TPSA) is 71.4 Å². The molecule has 0 spiro atoms. The number of rotatable bonds is 3. The quantitative estimate of drug-likeness (QED) is 0.810. The van der Waals surface area contributed by atoms with Crippen LogP contribution in [0.5, 0.6) is 0 Å². The molecule has 1 saturated heterocycles. The average Bonchev–Trinajstić information content (AvgIpc) is 2.68. The number of hydrogen-bond donors (Lipinski definition) is 2. The molecule has 1 atom stereocenters. The van der Waals surface area contributed by atoms with Gasteiger partial charge >= 0.3 is 0 Å². The van der Waals surface area contributed by atoms with Gasteiger partial charge in [-0.15, -0.1) is 0 Å². The lowest BCUT2D eigenvalue weighted by molar-refractivity contribution is 0.314. The van der Waals surface area contributed by atoms with Crippen molar-refractivity contribution in [3.05, 3.63) is 12.1 Å². The number of nitrogens with zero attached hydrogens (tertiary/aromatic N) is 3. The number of nitrogens with two attached hydrogens (primary N) is 2. The van der Waals surface area contributed by atoms with Crippen LogP contribution in [0.25, 0.3) is 0 Å². The summed E-state index contributed by atoms with van der Waals surface area (Å²) in [7, 11) is 4.22. The van der Waals surface area contributed by atoms with Crippen LogP contribution in [-0.4, -0.2) is 43.1 Å². The van der Waals surface area contributed by atoms with E-state index in [1.54, 1.807) is 0 Å². The van der Waals surface area contributed by atoms with E-state index in [0.29, 0.717) is 17.5 Å². The lowest BCUT2D eigenvalue weighted by atomic mass is 10.2. The van der Waals surface area contributed by atoms with E-state index in [1.165, 1.54) is 19.4 Å². The molecule has 17 heavy (non-hydrogen) atoms. The average molecular weight is 235 g/mol. The molecule has 0 radical (unpaired) electrons. The van der Waals surface area contributed by atoms with Crippen molar-refractivity contribution in [2.45, 2.75) is 18.9 Å². The molecule has 0 amide bonds. The zero-order valence-electron chi connectivity index (χ0n) is 10.6. The molecule has 5 nitrogen and oxygen atoms in total. The highest BCUT2D eigenvalue weighted by atomic mass is 15.2. The third-order valence-corrected chi connectivity index (χ3v) is 3.49. The Hall–Kier alpha value is -1.49. The summed E-state index contributed by atoms with van der Waals surface area (Å²) in [5, 5.41) is 0. The van der Waals surface area contributed by atoms with Crippen LogP contribution in [0.3, 0.4) is 0 Å². The van der Waals surface area contributed by atoms with Gasteiger partial charge in [0.05, 0.1) is 5.69 Å². The van der Waals surface area contributed by atoms with Crippen LogP contribution in [0.15, 0.2) is 12.1 Å². The summed E-state index contributed by atoms with van der Waals surface area (Å²) in [6.07, 6.45) is 2.54. The van der Waals surface area contributed by atoms with Crippen molar-refractivity contribution in [3.63, 3.8) is 0 Å². The van der Waals surface area contributed by atoms with Crippen LogP contribution < -0.4 is 16.4 Å². The lowest BCUT2D eigenvalue weighted by Gasteiger charge is -2.26. The van der Waals surface area contributed by atoms with Crippen LogP contribution in [0.4, 0.5) is 17.3 Å². The molecule has 0 aliphatic carbocycles. The maximum Gasteiger partial charge on any atom is 0.149 e. The normalized spacial score (nSPS) is 20.7. The Morgan fingerprint density at radius 2 is 2.24 bits per heavy atom. The first kappa shape index (κ1) is 12.0. The maximum atomic E-state index is 5.72. The summed E-state index contributed by atoms with van der Waals surface area (Å²) in [5.74, 6) is 1.30. The largest absolute Gasteiger partial charge is 0.396 e. The standard InChI is InChI=1S/C12H21N5/c1-16-7-3-4-9(16)8-17(2)11-6-5-10(13)12(14)15-11/h5-6,9H,3-4,7-8,13H2,1-2H3,(H2,14,15). The molecule has 2 heterocycles. The SMILES string of the molecule is CN(CC1CCCN1C)c1ccc(N)c(N)n1. The van der Waals surface area contributed by atoms with E-state index >= 15 is 0 Å². The van der Waals surface area contributed by atoms with Gasteiger partial charge in [-0.2, -0.15) is 0 Å². The Morgan fingerprint density at radius 1 is 1.47 bits per heavy atom. The number of hydrogen-bond acceptors (Lipinski definition) is 5. The monoisotopic (exact) mass is 235 g/mol. The van der Waals surface area contributed by atoms with Gasteiger partial charge in [0, 0.05) is 19.6 Å². The smallest absolute Gasteiger partial charge is 0.149 e. The zero-order valence-corrected chi connectivity index (χ0v) is 10.6. The zero-order chi connectivity index (χ0) is 12.4. The van der Waals surface area contributed by atoms with Gasteiger partial charge in [-0.3, -0.25) is 0 Å². The van der Waals surface area contributed by atoms with E-state index in [0.717, 1.165) is 12.4 Å². The van der Waals surface area contributed by atoms with E-state index in [9.17, 15) is 0 Å². The molecule has 1 aromatic heterocycles. The van der Waals surface area contributed by atoms with Crippen molar-refractivity contribution < 1.29 is 0 Å². The second-order valence-electron chi connectivity index (χ2n) is 4.80. The fourth-order valence-electron chi connectivity index (χ4n) is 2.31. The fraction of sp³-hybridized carbons (Fsp3) is 0.583. The van der Waals surface area contributed by atoms with Crippen molar-refractivity contribution >= 4 is 17.3 Å². The summed E-state index contributed by atoms with van der Waals surface area (Å²) < 4.78 is 0. The Kier molecular flexibility index (Phi) is 3.38. The van der Waals surface area contributed by atoms with Crippen LogP contribution in [0.1, 0.15) is 12.8 Å². The molecule has 1 aliphatic rings. The molecule has 94 valence electrons. The summed E-state index contributed by atoms with van der Waals surface area (Å²) in [6, 6.07) is 4.34. The van der Waals surface area contributed by atoms with Crippen molar-refractivity contribution in [1.29, 1.82) is 0 Å².